The first kappa shape index (κ1) is 15.6. The third-order valence-corrected chi connectivity index (χ3v) is 4.91. The molecule has 3 atom stereocenters. The molecule has 0 spiro atoms. The number of aryl methyl sites for hydroxylation is 1. The van der Waals surface area contributed by atoms with Gasteiger partial charge in [0.1, 0.15) is 0 Å². The first-order valence-electron chi connectivity index (χ1n) is 8.44. The number of rotatable bonds is 6. The van der Waals surface area contributed by atoms with Crippen molar-refractivity contribution in [3.8, 4) is 0 Å². The predicted molar refractivity (Wildman–Crippen MR) is 87.9 cm³/mol. The van der Waals surface area contributed by atoms with Crippen molar-refractivity contribution in [2.24, 2.45) is 17.8 Å². The van der Waals surface area contributed by atoms with Crippen molar-refractivity contribution < 1.29 is 0 Å². The molecular formula is C19H31N. The zero-order valence-corrected chi connectivity index (χ0v) is 13.4. The summed E-state index contributed by atoms with van der Waals surface area (Å²) in [7, 11) is 0. The highest BCUT2D eigenvalue weighted by Crippen LogP contribution is 2.33. The van der Waals surface area contributed by atoms with Gasteiger partial charge in [-0.3, -0.25) is 0 Å². The predicted octanol–water partition coefficient (Wildman–Crippen LogP) is 4.67. The van der Waals surface area contributed by atoms with Crippen molar-refractivity contribution in [2.75, 3.05) is 6.54 Å². The molecule has 20 heavy (non-hydrogen) atoms. The molecule has 1 saturated carbocycles. The van der Waals surface area contributed by atoms with E-state index in [1.807, 2.05) is 0 Å². The number of benzene rings is 1. The lowest BCUT2D eigenvalue weighted by Crippen LogP contribution is -2.43. The molecule has 0 radical (unpaired) electrons. The molecule has 1 aromatic carbocycles. The van der Waals surface area contributed by atoms with Gasteiger partial charge < -0.3 is 5.32 Å². The fourth-order valence-corrected chi connectivity index (χ4v) is 3.66. The smallest absolute Gasteiger partial charge is 0.0100 e. The molecule has 1 N–H and O–H groups in total. The van der Waals surface area contributed by atoms with Gasteiger partial charge in [-0.05, 0) is 55.5 Å². The van der Waals surface area contributed by atoms with E-state index in [2.05, 4.69) is 56.4 Å². The van der Waals surface area contributed by atoms with E-state index in [-0.39, 0.29) is 0 Å². The molecule has 2 rings (SSSR count). The molecule has 0 heterocycles. The Balaban J connectivity index is 1.73. The van der Waals surface area contributed by atoms with Gasteiger partial charge in [-0.25, -0.2) is 0 Å². The summed E-state index contributed by atoms with van der Waals surface area (Å²) in [6.45, 7) is 8.35. The van der Waals surface area contributed by atoms with E-state index >= 15 is 0 Å². The molecule has 0 aliphatic heterocycles. The zero-order chi connectivity index (χ0) is 14.4. The molecule has 112 valence electrons. The van der Waals surface area contributed by atoms with Crippen LogP contribution in [0.2, 0.25) is 0 Å². The SMILES string of the molecule is CC1CCC(C(C)C)C(NCCCc2ccccc2)C1. The average Bonchev–Trinajstić information content (AvgIpc) is 2.44. The van der Waals surface area contributed by atoms with E-state index in [9.17, 15) is 0 Å². The van der Waals surface area contributed by atoms with Gasteiger partial charge in [-0.1, -0.05) is 57.5 Å². The summed E-state index contributed by atoms with van der Waals surface area (Å²) in [5.74, 6) is 2.59. The average molecular weight is 273 g/mol. The van der Waals surface area contributed by atoms with Crippen LogP contribution in [0.25, 0.3) is 0 Å². The molecule has 1 aliphatic rings. The van der Waals surface area contributed by atoms with Crippen LogP contribution in [-0.2, 0) is 6.42 Å². The highest BCUT2D eigenvalue weighted by molar-refractivity contribution is 5.14. The maximum Gasteiger partial charge on any atom is 0.0100 e. The van der Waals surface area contributed by atoms with Gasteiger partial charge in [0.2, 0.25) is 0 Å². The van der Waals surface area contributed by atoms with Crippen LogP contribution in [0.3, 0.4) is 0 Å². The van der Waals surface area contributed by atoms with Crippen molar-refractivity contribution in [3.63, 3.8) is 0 Å². The van der Waals surface area contributed by atoms with Crippen molar-refractivity contribution >= 4 is 0 Å². The highest BCUT2D eigenvalue weighted by atomic mass is 14.9. The second-order valence-electron chi connectivity index (χ2n) is 6.98. The second kappa shape index (κ2) is 7.83. The van der Waals surface area contributed by atoms with E-state index in [4.69, 9.17) is 0 Å². The summed E-state index contributed by atoms with van der Waals surface area (Å²) in [5, 5.41) is 3.85. The third-order valence-electron chi connectivity index (χ3n) is 4.91. The molecule has 1 aliphatic carbocycles. The van der Waals surface area contributed by atoms with E-state index < -0.39 is 0 Å². The minimum Gasteiger partial charge on any atom is -0.314 e. The minimum atomic E-state index is 0.745. The quantitative estimate of drug-likeness (QED) is 0.743. The van der Waals surface area contributed by atoms with E-state index in [0.29, 0.717) is 0 Å². The van der Waals surface area contributed by atoms with Gasteiger partial charge in [0.15, 0.2) is 0 Å². The van der Waals surface area contributed by atoms with Crippen LogP contribution < -0.4 is 5.32 Å². The Morgan fingerprint density at radius 3 is 2.60 bits per heavy atom. The van der Waals surface area contributed by atoms with E-state index in [1.54, 1.807) is 0 Å². The molecule has 1 nitrogen and oxygen atoms in total. The molecule has 3 unspecified atom stereocenters. The van der Waals surface area contributed by atoms with Crippen LogP contribution >= 0.6 is 0 Å². The molecule has 0 bridgehead atoms. The monoisotopic (exact) mass is 273 g/mol. The molecular weight excluding hydrogens is 242 g/mol. The Kier molecular flexibility index (Phi) is 6.09. The van der Waals surface area contributed by atoms with Crippen molar-refractivity contribution in [3.05, 3.63) is 35.9 Å². The zero-order valence-electron chi connectivity index (χ0n) is 13.4. The lowest BCUT2D eigenvalue weighted by molar-refractivity contribution is 0.170. The molecule has 0 amide bonds. The van der Waals surface area contributed by atoms with Crippen molar-refractivity contribution in [1.29, 1.82) is 0 Å². The fourth-order valence-electron chi connectivity index (χ4n) is 3.66. The van der Waals surface area contributed by atoms with Gasteiger partial charge in [0.25, 0.3) is 0 Å². The second-order valence-corrected chi connectivity index (χ2v) is 6.98. The van der Waals surface area contributed by atoms with E-state index in [0.717, 1.165) is 30.3 Å². The Bertz CT molecular complexity index is 371. The highest BCUT2D eigenvalue weighted by Gasteiger charge is 2.29. The lowest BCUT2D eigenvalue weighted by atomic mass is 9.74. The van der Waals surface area contributed by atoms with Crippen molar-refractivity contribution in [1.82, 2.24) is 5.32 Å². The summed E-state index contributed by atoms with van der Waals surface area (Å²) in [5.41, 5.74) is 1.46. The van der Waals surface area contributed by atoms with E-state index in [1.165, 1.54) is 37.7 Å². The maximum atomic E-state index is 3.85. The largest absolute Gasteiger partial charge is 0.314 e. The molecule has 1 aromatic rings. The normalized spacial score (nSPS) is 26.9. The van der Waals surface area contributed by atoms with Crippen LogP contribution in [0.5, 0.6) is 0 Å². The Morgan fingerprint density at radius 1 is 1.15 bits per heavy atom. The minimum absolute atomic E-state index is 0.745. The number of hydrogen-bond acceptors (Lipinski definition) is 1. The van der Waals surface area contributed by atoms with Crippen LogP contribution in [-0.4, -0.2) is 12.6 Å². The van der Waals surface area contributed by atoms with Gasteiger partial charge in [0.05, 0.1) is 0 Å². The van der Waals surface area contributed by atoms with Gasteiger partial charge >= 0.3 is 0 Å². The summed E-state index contributed by atoms with van der Waals surface area (Å²) in [4.78, 5) is 0. The van der Waals surface area contributed by atoms with Gasteiger partial charge in [-0.2, -0.15) is 0 Å². The first-order chi connectivity index (χ1) is 9.66. The van der Waals surface area contributed by atoms with Crippen LogP contribution in [0.4, 0.5) is 0 Å². The summed E-state index contributed by atoms with van der Waals surface area (Å²) < 4.78 is 0. The Labute approximate surface area is 125 Å². The van der Waals surface area contributed by atoms with Crippen molar-refractivity contribution in [2.45, 2.75) is 58.9 Å². The third kappa shape index (κ3) is 4.63. The number of nitrogens with one attached hydrogen (secondary N) is 1. The Morgan fingerprint density at radius 2 is 1.90 bits per heavy atom. The maximum absolute atomic E-state index is 3.85. The topological polar surface area (TPSA) is 12.0 Å². The van der Waals surface area contributed by atoms with Crippen LogP contribution in [0, 0.1) is 17.8 Å². The summed E-state index contributed by atoms with van der Waals surface area (Å²) >= 11 is 0. The molecule has 0 aromatic heterocycles. The van der Waals surface area contributed by atoms with Crippen LogP contribution in [0.1, 0.15) is 52.0 Å². The van der Waals surface area contributed by atoms with Gasteiger partial charge in [-0.15, -0.1) is 0 Å². The lowest BCUT2D eigenvalue weighted by Gasteiger charge is -2.38. The summed E-state index contributed by atoms with van der Waals surface area (Å²) in [6, 6.07) is 11.6. The Hall–Kier alpha value is -0.820. The molecule has 0 saturated heterocycles. The van der Waals surface area contributed by atoms with Gasteiger partial charge in [0, 0.05) is 6.04 Å². The fraction of sp³-hybridized carbons (Fsp3) is 0.684. The molecule has 1 heteroatoms. The standard InChI is InChI=1S/C19H31N/c1-15(2)18-12-11-16(3)14-19(18)20-13-7-10-17-8-5-4-6-9-17/h4-6,8-9,15-16,18-20H,7,10-14H2,1-3H3. The molecule has 1 fully saturated rings. The first-order valence-corrected chi connectivity index (χ1v) is 8.44. The van der Waals surface area contributed by atoms with Crippen LogP contribution in [0.15, 0.2) is 30.3 Å². The number of hydrogen-bond donors (Lipinski definition) is 1. The summed E-state index contributed by atoms with van der Waals surface area (Å²) in [6.07, 6.45) is 6.65.